The van der Waals surface area contributed by atoms with Crippen LogP contribution in [0.2, 0.25) is 0 Å². The zero-order chi connectivity index (χ0) is 24.7. The summed E-state index contributed by atoms with van der Waals surface area (Å²) in [4.78, 5) is 11.7. The first-order valence-electron chi connectivity index (χ1n) is 11.9. The number of anilines is 1. The minimum Gasteiger partial charge on any atom is -0.497 e. The summed E-state index contributed by atoms with van der Waals surface area (Å²) in [7, 11) is 1.63. The van der Waals surface area contributed by atoms with Gasteiger partial charge in [-0.2, -0.15) is 5.10 Å². The van der Waals surface area contributed by atoms with E-state index in [2.05, 4.69) is 15.8 Å². The first-order valence-corrected chi connectivity index (χ1v) is 12.3. The molecule has 2 aliphatic rings. The number of methoxy groups -OCH3 is 1. The molecule has 4 rings (SSSR count). The summed E-state index contributed by atoms with van der Waals surface area (Å²) in [6.07, 6.45) is 6.13. The van der Waals surface area contributed by atoms with Crippen LogP contribution in [0.3, 0.4) is 0 Å². The molecule has 8 nitrogen and oxygen atoms in total. The van der Waals surface area contributed by atoms with E-state index in [1.807, 2.05) is 36.4 Å². The average Bonchev–Trinajstić information content (AvgIpc) is 2.87. The van der Waals surface area contributed by atoms with Crippen molar-refractivity contribution in [3.63, 3.8) is 0 Å². The molecule has 2 aromatic carbocycles. The van der Waals surface area contributed by atoms with Crippen LogP contribution < -0.4 is 25.0 Å². The molecule has 1 spiro atoms. The lowest BCUT2D eigenvalue weighted by atomic mass is 9.78. The number of nitrogens with zero attached hydrogens (tertiary/aromatic N) is 1. The number of hydrogen-bond acceptors (Lipinski definition) is 7. The van der Waals surface area contributed by atoms with Crippen LogP contribution >= 0.6 is 12.2 Å². The summed E-state index contributed by atoms with van der Waals surface area (Å²) in [5, 5.41) is 8.19. The Labute approximate surface area is 211 Å². The maximum atomic E-state index is 11.7. The number of carbonyl (C=O) groups is 1. The first kappa shape index (κ1) is 24.8. The van der Waals surface area contributed by atoms with Gasteiger partial charge in [-0.25, -0.2) is 4.79 Å². The molecule has 0 saturated heterocycles. The summed E-state index contributed by atoms with van der Waals surface area (Å²) in [6.45, 7) is 1.92. The molecule has 2 aromatic rings. The third-order valence-electron chi connectivity index (χ3n) is 6.15. The molecule has 1 heterocycles. The smallest absolute Gasteiger partial charge is 0.344 e. The number of nitrogens with one attached hydrogen (secondary N) is 2. The van der Waals surface area contributed by atoms with E-state index in [0.29, 0.717) is 23.9 Å². The molecular weight excluding hydrogens is 466 g/mol. The molecule has 1 saturated carbocycles. The number of thiocarbonyl (C=S) groups is 1. The minimum atomic E-state index is -0.409. The molecule has 0 unspecified atom stereocenters. The van der Waals surface area contributed by atoms with Crippen LogP contribution in [0.25, 0.3) is 0 Å². The van der Waals surface area contributed by atoms with Gasteiger partial charge in [0.1, 0.15) is 22.8 Å². The molecule has 9 heteroatoms. The van der Waals surface area contributed by atoms with Gasteiger partial charge in [-0.1, -0.05) is 6.42 Å². The molecule has 1 fully saturated rings. The van der Waals surface area contributed by atoms with Crippen LogP contribution in [-0.2, 0) is 9.53 Å². The van der Waals surface area contributed by atoms with Crippen molar-refractivity contribution in [1.29, 1.82) is 0 Å². The largest absolute Gasteiger partial charge is 0.497 e. The lowest BCUT2D eigenvalue weighted by Gasteiger charge is -2.41. The number of benzene rings is 2. The molecule has 0 bridgehead atoms. The van der Waals surface area contributed by atoms with Gasteiger partial charge < -0.3 is 24.3 Å². The number of carbonyl (C=O) groups excluding carboxylic acids is 1. The fraction of sp³-hybridized carbons (Fsp3) is 0.423. The normalized spacial score (nSPS) is 17.1. The van der Waals surface area contributed by atoms with E-state index in [0.717, 1.165) is 54.1 Å². The fourth-order valence-corrected chi connectivity index (χ4v) is 4.62. The van der Waals surface area contributed by atoms with Gasteiger partial charge in [-0.05, 0) is 87.3 Å². The van der Waals surface area contributed by atoms with Crippen LogP contribution in [0.1, 0.15) is 51.0 Å². The van der Waals surface area contributed by atoms with E-state index in [1.165, 1.54) is 6.42 Å². The average molecular weight is 498 g/mol. The zero-order valence-electron chi connectivity index (χ0n) is 20.1. The Balaban J connectivity index is 1.52. The van der Waals surface area contributed by atoms with Gasteiger partial charge in [-0.15, -0.1) is 0 Å². The second-order valence-corrected chi connectivity index (χ2v) is 9.04. The van der Waals surface area contributed by atoms with Crippen molar-refractivity contribution < 1.29 is 23.7 Å². The monoisotopic (exact) mass is 497 g/mol. The highest BCUT2D eigenvalue weighted by molar-refractivity contribution is 7.80. The second-order valence-electron chi connectivity index (χ2n) is 8.63. The highest BCUT2D eigenvalue weighted by atomic mass is 32.1. The Hall–Kier alpha value is -3.33. The summed E-state index contributed by atoms with van der Waals surface area (Å²) in [5.41, 5.74) is 5.22. The van der Waals surface area contributed by atoms with Crippen molar-refractivity contribution in [3.05, 3.63) is 48.0 Å². The maximum absolute atomic E-state index is 11.7. The van der Waals surface area contributed by atoms with Gasteiger partial charge in [0.25, 0.3) is 0 Å². The van der Waals surface area contributed by atoms with Crippen molar-refractivity contribution in [2.24, 2.45) is 5.10 Å². The van der Waals surface area contributed by atoms with Crippen molar-refractivity contribution >= 4 is 34.7 Å². The molecule has 1 aliphatic heterocycles. The van der Waals surface area contributed by atoms with E-state index < -0.39 is 5.97 Å². The Kier molecular flexibility index (Phi) is 8.07. The number of fused-ring (bicyclic) bond motifs is 1. The van der Waals surface area contributed by atoms with Gasteiger partial charge in [0.05, 0.1) is 19.4 Å². The van der Waals surface area contributed by atoms with E-state index in [4.69, 9.17) is 31.2 Å². The second kappa shape index (κ2) is 11.4. The third kappa shape index (κ3) is 6.42. The van der Waals surface area contributed by atoms with Gasteiger partial charge in [0, 0.05) is 17.7 Å². The number of rotatable bonds is 7. The van der Waals surface area contributed by atoms with Gasteiger partial charge in [0.2, 0.25) is 0 Å². The lowest BCUT2D eigenvalue weighted by Crippen LogP contribution is -2.44. The van der Waals surface area contributed by atoms with Crippen molar-refractivity contribution in [2.75, 3.05) is 25.6 Å². The van der Waals surface area contributed by atoms with E-state index in [9.17, 15) is 4.79 Å². The van der Waals surface area contributed by atoms with Crippen LogP contribution in [0.5, 0.6) is 17.2 Å². The Morgan fingerprint density at radius 3 is 2.57 bits per heavy atom. The van der Waals surface area contributed by atoms with Gasteiger partial charge in [-0.3, -0.25) is 5.43 Å². The molecule has 35 heavy (non-hydrogen) atoms. The quantitative estimate of drug-likeness (QED) is 0.320. The molecule has 0 aromatic heterocycles. The lowest BCUT2D eigenvalue weighted by molar-refractivity contribution is -0.145. The highest BCUT2D eigenvalue weighted by Gasteiger charge is 2.40. The van der Waals surface area contributed by atoms with Crippen LogP contribution in [-0.4, -0.2) is 42.7 Å². The SMILES string of the molecule is CCOC(=O)COc1ccc2c(c1)/C(=N\NC(=S)Nc1ccc(OC)cc1)CC1(CCCCC1)O2. The molecule has 0 radical (unpaired) electrons. The molecule has 0 atom stereocenters. The maximum Gasteiger partial charge on any atom is 0.344 e. The highest BCUT2D eigenvalue weighted by Crippen LogP contribution is 2.43. The Morgan fingerprint density at radius 2 is 1.86 bits per heavy atom. The van der Waals surface area contributed by atoms with Crippen molar-refractivity contribution in [1.82, 2.24) is 5.43 Å². The summed E-state index contributed by atoms with van der Waals surface area (Å²) < 4.78 is 22.3. The number of hydrogen-bond donors (Lipinski definition) is 2. The molecule has 0 amide bonds. The van der Waals surface area contributed by atoms with Gasteiger partial charge in [0.15, 0.2) is 11.7 Å². The summed E-state index contributed by atoms with van der Waals surface area (Å²) in [6, 6.07) is 13.0. The Bertz CT molecular complexity index is 1080. The first-order chi connectivity index (χ1) is 17.0. The number of esters is 1. The predicted molar refractivity (Wildman–Crippen MR) is 139 cm³/mol. The molecule has 1 aliphatic carbocycles. The van der Waals surface area contributed by atoms with E-state index in [1.54, 1.807) is 20.1 Å². The predicted octanol–water partition coefficient (Wildman–Crippen LogP) is 4.81. The van der Waals surface area contributed by atoms with Crippen molar-refractivity contribution in [3.8, 4) is 17.2 Å². The van der Waals surface area contributed by atoms with Gasteiger partial charge >= 0.3 is 5.97 Å². The molecular formula is C26H31N3O5S. The minimum absolute atomic E-state index is 0.155. The number of hydrazone groups is 1. The van der Waals surface area contributed by atoms with Crippen LogP contribution in [0, 0.1) is 0 Å². The topological polar surface area (TPSA) is 90.4 Å². The van der Waals surface area contributed by atoms with E-state index >= 15 is 0 Å². The van der Waals surface area contributed by atoms with Crippen LogP contribution in [0.15, 0.2) is 47.6 Å². The summed E-state index contributed by atoms with van der Waals surface area (Å²) >= 11 is 5.47. The zero-order valence-corrected chi connectivity index (χ0v) is 20.9. The Morgan fingerprint density at radius 1 is 1.11 bits per heavy atom. The van der Waals surface area contributed by atoms with Crippen LogP contribution in [0.4, 0.5) is 5.69 Å². The standard InChI is InChI=1S/C26H31N3O5S/c1-3-32-24(30)17-33-20-11-12-23-21(15-20)22(16-26(34-23)13-5-4-6-14-26)28-29-25(35)27-18-7-9-19(31-2)10-8-18/h7-12,15H,3-6,13-14,16-17H2,1-2H3,(H2,27,29,35)/b28-22-. The molecule has 2 N–H and O–H groups in total. The molecule has 186 valence electrons. The number of ether oxygens (including phenoxy) is 4. The van der Waals surface area contributed by atoms with E-state index in [-0.39, 0.29) is 12.2 Å². The summed E-state index contributed by atoms with van der Waals surface area (Å²) in [5.74, 6) is 1.67. The third-order valence-corrected chi connectivity index (χ3v) is 6.34. The van der Waals surface area contributed by atoms with Crippen molar-refractivity contribution in [2.45, 2.75) is 51.0 Å². The fourth-order valence-electron chi connectivity index (χ4n) is 4.45.